The number of hydrogen-bond donors (Lipinski definition) is 0. The Kier molecular flexibility index (Phi) is 6.53. The molecule has 0 radical (unpaired) electrons. The lowest BCUT2D eigenvalue weighted by molar-refractivity contribution is -0.117. The highest BCUT2D eigenvalue weighted by Gasteiger charge is 2.34. The zero-order valence-corrected chi connectivity index (χ0v) is 20.2. The summed E-state index contributed by atoms with van der Waals surface area (Å²) in [5.74, 6) is 1.62. The highest BCUT2D eigenvalue weighted by Crippen LogP contribution is 2.33. The Morgan fingerprint density at radius 3 is 2.66 bits per heavy atom. The monoisotopic (exact) mass is 471 g/mol. The summed E-state index contributed by atoms with van der Waals surface area (Å²) in [5, 5.41) is 0. The predicted molar refractivity (Wildman–Crippen MR) is 136 cm³/mol. The van der Waals surface area contributed by atoms with Crippen molar-refractivity contribution in [2.45, 2.75) is 45.6 Å². The van der Waals surface area contributed by atoms with Gasteiger partial charge in [0.25, 0.3) is 0 Å². The summed E-state index contributed by atoms with van der Waals surface area (Å²) in [5.41, 5.74) is 5.11. The van der Waals surface area contributed by atoms with Gasteiger partial charge in [-0.05, 0) is 80.3 Å². The van der Waals surface area contributed by atoms with Crippen LogP contribution in [0.1, 0.15) is 42.1 Å². The average Bonchev–Trinajstić information content (AvgIpc) is 3.42. The molecule has 1 atom stereocenters. The van der Waals surface area contributed by atoms with Gasteiger partial charge in [-0.2, -0.15) is 0 Å². The summed E-state index contributed by atoms with van der Waals surface area (Å²) in [6.45, 7) is 6.16. The molecule has 1 aliphatic rings. The lowest BCUT2D eigenvalue weighted by Gasteiger charge is -2.17. The van der Waals surface area contributed by atoms with Crippen LogP contribution in [0.25, 0.3) is 11.0 Å². The van der Waals surface area contributed by atoms with Gasteiger partial charge in [0.05, 0.1) is 17.6 Å². The normalized spacial score (nSPS) is 15.8. The molecule has 1 fully saturated rings. The molecule has 4 aromatic rings. The molecule has 0 N–H and O–H groups in total. The highest BCUT2D eigenvalue weighted by molar-refractivity contribution is 5.96. The van der Waals surface area contributed by atoms with Crippen LogP contribution in [-0.2, 0) is 11.3 Å². The van der Waals surface area contributed by atoms with E-state index in [-0.39, 0.29) is 17.6 Å². The average molecular weight is 472 g/mol. The molecule has 0 saturated carbocycles. The number of carbonyl (C=O) groups is 1. The summed E-state index contributed by atoms with van der Waals surface area (Å²) < 4.78 is 21.7. The van der Waals surface area contributed by atoms with E-state index in [0.29, 0.717) is 19.6 Å². The van der Waals surface area contributed by atoms with Crippen LogP contribution in [0, 0.1) is 19.7 Å². The molecule has 3 aromatic carbocycles. The molecule has 1 aromatic heterocycles. The van der Waals surface area contributed by atoms with Gasteiger partial charge in [-0.1, -0.05) is 24.3 Å². The Morgan fingerprint density at radius 2 is 1.83 bits per heavy atom. The zero-order valence-electron chi connectivity index (χ0n) is 20.2. The standard InChI is InChI=1S/C29H30FN3O2/c1-20-9-10-21(2)27(17-20)35-16-6-5-15-32-26-8-4-3-7-25(26)31-29(32)22-18-28(34)33(19-22)24-13-11-23(30)12-14-24/h3-4,7-14,17,22H,5-6,15-16,18-19H2,1-2H3. The third-order valence-corrected chi connectivity index (χ3v) is 6.69. The smallest absolute Gasteiger partial charge is 0.227 e. The number of carbonyl (C=O) groups excluding carboxylic acids is 1. The third kappa shape index (κ3) is 4.92. The van der Waals surface area contributed by atoms with Crippen molar-refractivity contribution >= 4 is 22.6 Å². The van der Waals surface area contributed by atoms with E-state index in [9.17, 15) is 9.18 Å². The topological polar surface area (TPSA) is 47.4 Å². The van der Waals surface area contributed by atoms with Crippen molar-refractivity contribution in [1.82, 2.24) is 9.55 Å². The van der Waals surface area contributed by atoms with Crippen molar-refractivity contribution in [3.8, 4) is 5.75 Å². The van der Waals surface area contributed by atoms with Crippen molar-refractivity contribution < 1.29 is 13.9 Å². The minimum absolute atomic E-state index is 0.00820. The molecule has 1 amide bonds. The van der Waals surface area contributed by atoms with E-state index in [1.165, 1.54) is 17.7 Å². The van der Waals surface area contributed by atoms with Crippen LogP contribution < -0.4 is 9.64 Å². The fourth-order valence-electron chi connectivity index (χ4n) is 4.81. The molecule has 5 nitrogen and oxygen atoms in total. The van der Waals surface area contributed by atoms with Gasteiger partial charge in [-0.15, -0.1) is 0 Å². The van der Waals surface area contributed by atoms with Crippen LogP contribution in [0.2, 0.25) is 0 Å². The van der Waals surface area contributed by atoms with Crippen molar-refractivity contribution in [1.29, 1.82) is 0 Å². The molecule has 1 aliphatic heterocycles. The molecule has 1 unspecified atom stereocenters. The van der Waals surface area contributed by atoms with Crippen LogP contribution in [0.4, 0.5) is 10.1 Å². The van der Waals surface area contributed by atoms with Gasteiger partial charge >= 0.3 is 0 Å². The molecule has 2 heterocycles. The Morgan fingerprint density at radius 1 is 1.03 bits per heavy atom. The number of nitrogens with zero attached hydrogens (tertiary/aromatic N) is 3. The first kappa shape index (κ1) is 23.1. The lowest BCUT2D eigenvalue weighted by atomic mass is 10.1. The molecule has 1 saturated heterocycles. The second kappa shape index (κ2) is 9.90. The first-order chi connectivity index (χ1) is 17.0. The number of hydrogen-bond acceptors (Lipinski definition) is 3. The lowest BCUT2D eigenvalue weighted by Crippen LogP contribution is -2.24. The molecule has 0 bridgehead atoms. The number of anilines is 1. The number of rotatable bonds is 8. The number of aromatic nitrogens is 2. The largest absolute Gasteiger partial charge is 0.493 e. The van der Waals surface area contributed by atoms with Crippen molar-refractivity contribution in [2.24, 2.45) is 0 Å². The molecule has 5 rings (SSSR count). The maximum atomic E-state index is 13.4. The second-order valence-corrected chi connectivity index (χ2v) is 9.32. The van der Waals surface area contributed by atoms with Crippen LogP contribution in [0.15, 0.2) is 66.7 Å². The Balaban J connectivity index is 1.29. The number of benzene rings is 3. The Hall–Kier alpha value is -3.67. The number of fused-ring (bicyclic) bond motifs is 1. The summed E-state index contributed by atoms with van der Waals surface area (Å²) >= 11 is 0. The quantitative estimate of drug-likeness (QED) is 0.289. The number of ether oxygens (including phenoxy) is 1. The Labute approximate surface area is 205 Å². The van der Waals surface area contributed by atoms with Gasteiger partial charge in [0.15, 0.2) is 0 Å². The maximum absolute atomic E-state index is 13.4. The van der Waals surface area contributed by atoms with Gasteiger partial charge in [0.1, 0.15) is 17.4 Å². The first-order valence-corrected chi connectivity index (χ1v) is 12.2. The van der Waals surface area contributed by atoms with E-state index in [1.807, 2.05) is 18.2 Å². The number of unbranched alkanes of at least 4 members (excludes halogenated alkanes) is 1. The second-order valence-electron chi connectivity index (χ2n) is 9.32. The van der Waals surface area contributed by atoms with Crippen LogP contribution in [0.5, 0.6) is 5.75 Å². The molecule has 0 aliphatic carbocycles. The maximum Gasteiger partial charge on any atom is 0.227 e. The molecule has 6 heteroatoms. The summed E-state index contributed by atoms with van der Waals surface area (Å²) in [6, 6.07) is 20.5. The summed E-state index contributed by atoms with van der Waals surface area (Å²) in [6.07, 6.45) is 2.27. The van der Waals surface area contributed by atoms with E-state index < -0.39 is 0 Å². The van der Waals surface area contributed by atoms with Gasteiger partial charge in [-0.3, -0.25) is 4.79 Å². The molecular formula is C29H30FN3O2. The number of amides is 1. The van der Waals surface area contributed by atoms with Crippen molar-refractivity contribution in [3.63, 3.8) is 0 Å². The molecular weight excluding hydrogens is 441 g/mol. The number of halogens is 1. The number of para-hydroxylation sites is 2. The summed E-state index contributed by atoms with van der Waals surface area (Å²) in [4.78, 5) is 19.5. The van der Waals surface area contributed by atoms with Gasteiger partial charge in [-0.25, -0.2) is 9.37 Å². The van der Waals surface area contributed by atoms with E-state index in [1.54, 1.807) is 17.0 Å². The SMILES string of the molecule is Cc1ccc(C)c(OCCCCn2c(C3CC(=O)N(c4ccc(F)cc4)C3)nc3ccccc32)c1. The van der Waals surface area contributed by atoms with Gasteiger partial charge in [0.2, 0.25) is 5.91 Å². The fourth-order valence-corrected chi connectivity index (χ4v) is 4.81. The fraction of sp³-hybridized carbons (Fsp3) is 0.310. The van der Waals surface area contributed by atoms with E-state index in [2.05, 4.69) is 42.7 Å². The van der Waals surface area contributed by atoms with Gasteiger partial charge < -0.3 is 14.2 Å². The van der Waals surface area contributed by atoms with Crippen molar-refractivity contribution in [3.05, 3.63) is 89.5 Å². The van der Waals surface area contributed by atoms with Crippen LogP contribution in [-0.4, -0.2) is 28.6 Å². The minimum Gasteiger partial charge on any atom is -0.493 e. The van der Waals surface area contributed by atoms with E-state index >= 15 is 0 Å². The number of aryl methyl sites for hydroxylation is 3. The number of imidazole rings is 1. The highest BCUT2D eigenvalue weighted by atomic mass is 19.1. The molecule has 35 heavy (non-hydrogen) atoms. The van der Waals surface area contributed by atoms with Crippen LogP contribution >= 0.6 is 0 Å². The zero-order chi connectivity index (χ0) is 24.4. The van der Waals surface area contributed by atoms with E-state index in [4.69, 9.17) is 9.72 Å². The van der Waals surface area contributed by atoms with Crippen LogP contribution in [0.3, 0.4) is 0 Å². The summed E-state index contributed by atoms with van der Waals surface area (Å²) in [7, 11) is 0. The van der Waals surface area contributed by atoms with Gasteiger partial charge in [0, 0.05) is 31.1 Å². The third-order valence-electron chi connectivity index (χ3n) is 6.69. The Bertz CT molecular complexity index is 1350. The molecule has 0 spiro atoms. The van der Waals surface area contributed by atoms with Crippen molar-refractivity contribution in [2.75, 3.05) is 18.1 Å². The molecule has 180 valence electrons. The van der Waals surface area contributed by atoms with E-state index in [0.717, 1.165) is 53.2 Å². The minimum atomic E-state index is -0.305. The predicted octanol–water partition coefficient (Wildman–Crippen LogP) is 6.17. The first-order valence-electron chi connectivity index (χ1n) is 12.2.